The summed E-state index contributed by atoms with van der Waals surface area (Å²) in [7, 11) is 0. The van der Waals surface area contributed by atoms with Gasteiger partial charge < -0.3 is 9.84 Å². The first-order valence-electron chi connectivity index (χ1n) is 12.0. The van der Waals surface area contributed by atoms with Crippen molar-refractivity contribution in [2.45, 2.75) is 45.1 Å². The third-order valence-electron chi connectivity index (χ3n) is 6.58. The molecule has 0 saturated heterocycles. The molecule has 1 heterocycles. The van der Waals surface area contributed by atoms with E-state index in [1.807, 2.05) is 24.3 Å². The van der Waals surface area contributed by atoms with Gasteiger partial charge in [0.2, 0.25) is 0 Å². The Morgan fingerprint density at radius 2 is 1.62 bits per heavy atom. The number of aliphatic carboxylic acids is 1. The van der Waals surface area contributed by atoms with Gasteiger partial charge in [-0.15, -0.1) is 0 Å². The van der Waals surface area contributed by atoms with Gasteiger partial charge >= 0.3 is 5.97 Å². The number of nitriles is 1. The number of carboxylic acid groups (broad SMARTS) is 1. The van der Waals surface area contributed by atoms with Crippen molar-refractivity contribution in [1.29, 1.82) is 5.26 Å². The minimum Gasteiger partial charge on any atom is -0.480 e. The zero-order chi connectivity index (χ0) is 23.8. The zero-order valence-electron chi connectivity index (χ0n) is 19.4. The van der Waals surface area contributed by atoms with E-state index in [0.29, 0.717) is 31.3 Å². The van der Waals surface area contributed by atoms with E-state index in [4.69, 9.17) is 14.9 Å². The van der Waals surface area contributed by atoms with Crippen molar-refractivity contribution in [2.24, 2.45) is 11.8 Å². The van der Waals surface area contributed by atoms with Crippen LogP contribution in [0.2, 0.25) is 0 Å². The van der Waals surface area contributed by atoms with Gasteiger partial charge in [-0.3, -0.25) is 4.68 Å². The number of aromatic nitrogens is 2. The number of carbonyl (C=O) groups is 1. The second kappa shape index (κ2) is 11.6. The number of carboxylic acids is 1. The van der Waals surface area contributed by atoms with Crippen LogP contribution in [-0.4, -0.2) is 34.1 Å². The molecule has 34 heavy (non-hydrogen) atoms. The molecule has 6 nitrogen and oxygen atoms in total. The fourth-order valence-electron chi connectivity index (χ4n) is 4.93. The molecule has 0 atom stereocenters. The summed E-state index contributed by atoms with van der Waals surface area (Å²) >= 11 is 0. The summed E-state index contributed by atoms with van der Waals surface area (Å²) in [5.41, 5.74) is 5.47. The van der Waals surface area contributed by atoms with Gasteiger partial charge in [-0.05, 0) is 43.1 Å². The van der Waals surface area contributed by atoms with Crippen LogP contribution < -0.4 is 0 Å². The monoisotopic (exact) mass is 457 g/mol. The summed E-state index contributed by atoms with van der Waals surface area (Å²) in [4.78, 5) is 10.7. The van der Waals surface area contributed by atoms with Gasteiger partial charge in [0.05, 0.1) is 24.1 Å². The number of rotatable bonds is 10. The van der Waals surface area contributed by atoms with Gasteiger partial charge in [-0.25, -0.2) is 4.79 Å². The third-order valence-corrected chi connectivity index (χ3v) is 6.58. The first-order chi connectivity index (χ1) is 16.7. The van der Waals surface area contributed by atoms with E-state index in [1.54, 1.807) is 0 Å². The molecule has 1 aromatic heterocycles. The number of nitrogens with zero attached hydrogens (tertiary/aromatic N) is 3. The molecule has 1 N–H and O–H groups in total. The number of hydrogen-bond donors (Lipinski definition) is 1. The Balaban J connectivity index is 1.59. The number of ether oxygens (including phenoxy) is 1. The average Bonchev–Trinajstić information content (AvgIpc) is 3.22. The quantitative estimate of drug-likeness (QED) is 0.429. The Hall–Kier alpha value is -3.43. The summed E-state index contributed by atoms with van der Waals surface area (Å²) in [6, 6.07) is 23.0. The van der Waals surface area contributed by atoms with Crippen molar-refractivity contribution in [3.05, 3.63) is 66.4 Å². The molecular weight excluding hydrogens is 426 g/mol. The topological polar surface area (TPSA) is 88.1 Å². The van der Waals surface area contributed by atoms with E-state index < -0.39 is 5.97 Å². The van der Waals surface area contributed by atoms with Gasteiger partial charge in [0.25, 0.3) is 0 Å². The molecule has 1 fully saturated rings. The zero-order valence-corrected chi connectivity index (χ0v) is 19.4. The summed E-state index contributed by atoms with van der Waals surface area (Å²) in [6.07, 6.45) is 5.29. The van der Waals surface area contributed by atoms with Crippen LogP contribution in [0.5, 0.6) is 0 Å². The van der Waals surface area contributed by atoms with Crippen LogP contribution in [0.15, 0.2) is 60.7 Å². The van der Waals surface area contributed by atoms with E-state index in [9.17, 15) is 10.1 Å². The minimum atomic E-state index is -0.915. The Labute approximate surface area is 200 Å². The lowest BCUT2D eigenvalue weighted by Crippen LogP contribution is -2.23. The predicted molar refractivity (Wildman–Crippen MR) is 131 cm³/mol. The summed E-state index contributed by atoms with van der Waals surface area (Å²) < 4.78 is 7.49. The van der Waals surface area contributed by atoms with Crippen LogP contribution in [0.1, 0.15) is 37.8 Å². The summed E-state index contributed by atoms with van der Waals surface area (Å²) in [5, 5.41) is 23.1. The minimum absolute atomic E-state index is 0.221. The Kier molecular flexibility index (Phi) is 8.11. The van der Waals surface area contributed by atoms with Crippen LogP contribution in [0.25, 0.3) is 22.4 Å². The highest BCUT2D eigenvalue weighted by molar-refractivity contribution is 5.83. The highest BCUT2D eigenvalue weighted by Gasteiger charge is 2.26. The van der Waals surface area contributed by atoms with Crippen molar-refractivity contribution in [1.82, 2.24) is 9.78 Å². The van der Waals surface area contributed by atoms with E-state index in [-0.39, 0.29) is 6.61 Å². The Morgan fingerprint density at radius 3 is 2.24 bits per heavy atom. The van der Waals surface area contributed by atoms with Gasteiger partial charge in [0, 0.05) is 30.5 Å². The Morgan fingerprint density at radius 1 is 1.00 bits per heavy atom. The van der Waals surface area contributed by atoms with Gasteiger partial charge in [-0.1, -0.05) is 60.7 Å². The predicted octanol–water partition coefficient (Wildman–Crippen LogP) is 5.58. The molecular formula is C28H31N3O3. The molecule has 0 bridgehead atoms. The van der Waals surface area contributed by atoms with E-state index >= 15 is 0 Å². The standard InChI is InChI=1S/C28H31N3O3/c29-17-7-12-25-27(23-8-3-1-4-9-23)28(24-10-5-2-6-11-24)31(30-25)18-21-13-15-22(16-14-21)19-34-20-26(32)33/h1-6,8-11,21-22H,7,12-16,18-20H2,(H,32,33)/t21-,22-. The molecule has 3 aromatic rings. The number of hydrogen-bond acceptors (Lipinski definition) is 4. The fraction of sp³-hybridized carbons (Fsp3) is 0.393. The average molecular weight is 458 g/mol. The van der Waals surface area contributed by atoms with Crippen molar-refractivity contribution in [3.8, 4) is 28.5 Å². The normalized spacial score (nSPS) is 17.9. The Bertz CT molecular complexity index is 1110. The summed E-state index contributed by atoms with van der Waals surface area (Å²) in [5.74, 6) is 0.0145. The largest absolute Gasteiger partial charge is 0.480 e. The van der Waals surface area contributed by atoms with E-state index in [2.05, 4.69) is 47.1 Å². The lowest BCUT2D eigenvalue weighted by molar-refractivity contribution is -0.142. The molecule has 1 saturated carbocycles. The molecule has 1 aliphatic carbocycles. The van der Waals surface area contributed by atoms with Crippen molar-refractivity contribution in [3.63, 3.8) is 0 Å². The maximum Gasteiger partial charge on any atom is 0.329 e. The van der Waals surface area contributed by atoms with Gasteiger partial charge in [0.15, 0.2) is 0 Å². The lowest BCUT2D eigenvalue weighted by atomic mass is 9.82. The van der Waals surface area contributed by atoms with Crippen molar-refractivity contribution >= 4 is 5.97 Å². The first kappa shape index (κ1) is 23.7. The molecule has 0 spiro atoms. The number of aryl methyl sites for hydroxylation is 1. The van der Waals surface area contributed by atoms with Gasteiger partial charge in [-0.2, -0.15) is 10.4 Å². The molecule has 2 aromatic carbocycles. The van der Waals surface area contributed by atoms with Gasteiger partial charge in [0.1, 0.15) is 6.61 Å². The highest BCUT2D eigenvalue weighted by atomic mass is 16.5. The third kappa shape index (κ3) is 5.92. The lowest BCUT2D eigenvalue weighted by Gasteiger charge is -2.28. The molecule has 4 rings (SSSR count). The maximum atomic E-state index is 10.7. The van der Waals surface area contributed by atoms with Crippen LogP contribution in [0, 0.1) is 23.2 Å². The second-order valence-corrected chi connectivity index (χ2v) is 9.04. The molecule has 0 aliphatic heterocycles. The molecule has 6 heteroatoms. The molecule has 0 unspecified atom stereocenters. The summed E-state index contributed by atoms with van der Waals surface area (Å²) in [6.45, 7) is 1.13. The van der Waals surface area contributed by atoms with Crippen LogP contribution in [0.3, 0.4) is 0 Å². The van der Waals surface area contributed by atoms with E-state index in [0.717, 1.165) is 60.3 Å². The fourth-order valence-corrected chi connectivity index (χ4v) is 4.93. The molecule has 176 valence electrons. The van der Waals surface area contributed by atoms with Crippen LogP contribution in [-0.2, 0) is 22.5 Å². The van der Waals surface area contributed by atoms with E-state index in [1.165, 1.54) is 0 Å². The highest BCUT2D eigenvalue weighted by Crippen LogP contribution is 2.38. The molecule has 0 radical (unpaired) electrons. The molecule has 1 aliphatic rings. The smallest absolute Gasteiger partial charge is 0.329 e. The number of benzene rings is 2. The molecule has 0 amide bonds. The maximum absolute atomic E-state index is 10.7. The van der Waals surface area contributed by atoms with Crippen molar-refractivity contribution in [2.75, 3.05) is 13.2 Å². The van der Waals surface area contributed by atoms with Crippen LogP contribution in [0.4, 0.5) is 0 Å². The van der Waals surface area contributed by atoms with Crippen LogP contribution >= 0.6 is 0 Å². The van der Waals surface area contributed by atoms with Crippen molar-refractivity contribution < 1.29 is 14.6 Å². The SMILES string of the molecule is N#CCCc1nn(C[C@H]2CC[C@H](COCC(=O)O)CC2)c(-c2ccccc2)c1-c1ccccc1. The second-order valence-electron chi connectivity index (χ2n) is 9.04. The first-order valence-corrected chi connectivity index (χ1v) is 12.0.